The second-order valence-corrected chi connectivity index (χ2v) is 7.02. The maximum atomic E-state index is 12.8. The van der Waals surface area contributed by atoms with Gasteiger partial charge in [0.1, 0.15) is 5.75 Å². The predicted octanol–water partition coefficient (Wildman–Crippen LogP) is 3.73. The Morgan fingerprint density at radius 1 is 0.967 bits per heavy atom. The number of amides is 2. The number of nitrogens with one attached hydrogen (secondary N) is 1. The van der Waals surface area contributed by atoms with Crippen LogP contribution in [-0.2, 0) is 6.54 Å². The highest BCUT2D eigenvalue weighted by atomic mass is 16.7. The fourth-order valence-corrected chi connectivity index (χ4v) is 3.48. The third-order valence-electron chi connectivity index (χ3n) is 5.11. The molecule has 0 spiro atoms. The van der Waals surface area contributed by atoms with E-state index in [1.807, 2.05) is 24.3 Å². The van der Waals surface area contributed by atoms with Gasteiger partial charge < -0.3 is 24.4 Å². The summed E-state index contributed by atoms with van der Waals surface area (Å²) in [5, 5.41) is 2.89. The molecule has 0 saturated carbocycles. The summed E-state index contributed by atoms with van der Waals surface area (Å²) in [5.74, 6) is 1.93. The van der Waals surface area contributed by atoms with E-state index in [0.717, 1.165) is 5.56 Å². The van der Waals surface area contributed by atoms with E-state index >= 15 is 0 Å². The van der Waals surface area contributed by atoms with Crippen molar-refractivity contribution in [1.29, 1.82) is 0 Å². The molecule has 0 atom stereocenters. The highest BCUT2D eigenvalue weighted by Gasteiger charge is 2.26. The van der Waals surface area contributed by atoms with Crippen LogP contribution in [0.25, 0.3) is 0 Å². The van der Waals surface area contributed by atoms with Crippen molar-refractivity contribution < 1.29 is 23.8 Å². The Labute approximate surface area is 172 Å². The second kappa shape index (κ2) is 7.11. The zero-order valence-corrected chi connectivity index (χ0v) is 16.2. The highest BCUT2D eigenvalue weighted by molar-refractivity contribution is 6.10. The van der Waals surface area contributed by atoms with Crippen LogP contribution in [0, 0.1) is 0 Å². The van der Waals surface area contributed by atoms with Crippen LogP contribution < -0.4 is 24.4 Å². The van der Waals surface area contributed by atoms with Gasteiger partial charge in [-0.3, -0.25) is 9.59 Å². The van der Waals surface area contributed by atoms with Crippen LogP contribution in [0.5, 0.6) is 23.0 Å². The molecule has 0 bridgehead atoms. The van der Waals surface area contributed by atoms with Gasteiger partial charge >= 0.3 is 0 Å². The van der Waals surface area contributed by atoms with E-state index in [4.69, 9.17) is 14.2 Å². The lowest BCUT2D eigenvalue weighted by Gasteiger charge is -2.17. The van der Waals surface area contributed by atoms with Crippen molar-refractivity contribution in [2.24, 2.45) is 0 Å². The molecule has 7 nitrogen and oxygen atoms in total. The quantitative estimate of drug-likeness (QED) is 0.722. The fraction of sp³-hybridized carbons (Fsp3) is 0.130. The van der Waals surface area contributed by atoms with E-state index in [0.29, 0.717) is 46.4 Å². The largest absolute Gasteiger partial charge is 0.454 e. The Bertz CT molecular complexity index is 1170. The summed E-state index contributed by atoms with van der Waals surface area (Å²) in [4.78, 5) is 27.0. The molecule has 0 aliphatic carbocycles. The lowest BCUT2D eigenvalue weighted by atomic mass is 10.1. The molecule has 3 aromatic rings. The van der Waals surface area contributed by atoms with Gasteiger partial charge in [0.25, 0.3) is 11.8 Å². The van der Waals surface area contributed by atoms with Crippen LogP contribution in [-0.4, -0.2) is 25.7 Å². The second-order valence-electron chi connectivity index (χ2n) is 7.02. The SMILES string of the molecule is CN1C(=O)c2ccccc2Oc2ccc(C(=O)NCc3ccc4c(c3)OCO4)cc21. The summed E-state index contributed by atoms with van der Waals surface area (Å²) < 4.78 is 16.6. The number of anilines is 1. The molecule has 0 aromatic heterocycles. The van der Waals surface area contributed by atoms with Crippen molar-refractivity contribution in [3.8, 4) is 23.0 Å². The van der Waals surface area contributed by atoms with Crippen LogP contribution >= 0.6 is 0 Å². The first kappa shape index (κ1) is 18.1. The lowest BCUT2D eigenvalue weighted by Crippen LogP contribution is -2.26. The van der Waals surface area contributed by atoms with Gasteiger partial charge in [-0.05, 0) is 48.0 Å². The van der Waals surface area contributed by atoms with E-state index in [1.54, 1.807) is 43.4 Å². The van der Waals surface area contributed by atoms with Gasteiger partial charge in [-0.25, -0.2) is 0 Å². The predicted molar refractivity (Wildman–Crippen MR) is 109 cm³/mol. The molecule has 0 unspecified atom stereocenters. The monoisotopic (exact) mass is 402 g/mol. The first-order valence-corrected chi connectivity index (χ1v) is 9.46. The van der Waals surface area contributed by atoms with Crippen LogP contribution in [0.4, 0.5) is 5.69 Å². The average Bonchev–Trinajstić information content (AvgIpc) is 3.21. The number of para-hydroxylation sites is 1. The van der Waals surface area contributed by atoms with E-state index in [-0.39, 0.29) is 18.6 Å². The number of carbonyl (C=O) groups excluding carboxylic acids is 2. The third kappa shape index (κ3) is 3.10. The molecule has 2 aliphatic rings. The van der Waals surface area contributed by atoms with Crippen LogP contribution in [0.1, 0.15) is 26.3 Å². The molecule has 2 amide bonds. The van der Waals surface area contributed by atoms with Crippen molar-refractivity contribution in [1.82, 2.24) is 5.32 Å². The van der Waals surface area contributed by atoms with Gasteiger partial charge in [-0.1, -0.05) is 18.2 Å². The van der Waals surface area contributed by atoms with Crippen molar-refractivity contribution >= 4 is 17.5 Å². The summed E-state index contributed by atoms with van der Waals surface area (Å²) in [7, 11) is 1.67. The maximum Gasteiger partial charge on any atom is 0.261 e. The molecular formula is C23H18N2O5. The number of carbonyl (C=O) groups is 2. The number of nitrogens with zero attached hydrogens (tertiary/aromatic N) is 1. The number of ether oxygens (including phenoxy) is 3. The van der Waals surface area contributed by atoms with E-state index in [1.165, 1.54) is 4.90 Å². The molecule has 2 heterocycles. The molecule has 1 N–H and O–H groups in total. The number of rotatable bonds is 3. The minimum absolute atomic E-state index is 0.192. The highest BCUT2D eigenvalue weighted by Crippen LogP contribution is 2.38. The average molecular weight is 402 g/mol. The summed E-state index contributed by atoms with van der Waals surface area (Å²) in [5.41, 5.74) is 2.34. The number of benzene rings is 3. The van der Waals surface area contributed by atoms with Crippen molar-refractivity contribution in [2.75, 3.05) is 18.7 Å². The Kier molecular flexibility index (Phi) is 4.28. The Balaban J connectivity index is 1.36. The van der Waals surface area contributed by atoms with Crippen LogP contribution in [0.15, 0.2) is 60.7 Å². The van der Waals surface area contributed by atoms with Crippen molar-refractivity contribution in [3.05, 3.63) is 77.4 Å². The number of hydrogen-bond acceptors (Lipinski definition) is 5. The zero-order chi connectivity index (χ0) is 20.7. The van der Waals surface area contributed by atoms with Crippen molar-refractivity contribution in [2.45, 2.75) is 6.54 Å². The van der Waals surface area contributed by atoms with E-state index in [2.05, 4.69) is 5.32 Å². The molecule has 2 aliphatic heterocycles. The van der Waals surface area contributed by atoms with Gasteiger partial charge in [0.2, 0.25) is 6.79 Å². The first-order valence-electron chi connectivity index (χ1n) is 9.46. The summed E-state index contributed by atoms with van der Waals surface area (Å²) in [6.07, 6.45) is 0. The summed E-state index contributed by atoms with van der Waals surface area (Å²) in [6.45, 7) is 0.543. The Morgan fingerprint density at radius 2 is 1.77 bits per heavy atom. The normalized spacial score (nSPS) is 13.8. The van der Waals surface area contributed by atoms with E-state index < -0.39 is 0 Å². The molecule has 3 aromatic carbocycles. The lowest BCUT2D eigenvalue weighted by molar-refractivity contribution is 0.0948. The van der Waals surface area contributed by atoms with Gasteiger partial charge in [-0.2, -0.15) is 0 Å². The van der Waals surface area contributed by atoms with Gasteiger partial charge in [0.05, 0.1) is 11.3 Å². The van der Waals surface area contributed by atoms with Crippen molar-refractivity contribution in [3.63, 3.8) is 0 Å². The number of hydrogen-bond donors (Lipinski definition) is 1. The van der Waals surface area contributed by atoms with Crippen LogP contribution in [0.2, 0.25) is 0 Å². The molecule has 0 fully saturated rings. The molecule has 0 saturated heterocycles. The number of fused-ring (bicyclic) bond motifs is 3. The third-order valence-corrected chi connectivity index (χ3v) is 5.11. The van der Waals surface area contributed by atoms with Gasteiger partial charge in [-0.15, -0.1) is 0 Å². The minimum atomic E-state index is -0.252. The van der Waals surface area contributed by atoms with Gasteiger partial charge in [0, 0.05) is 19.2 Å². The fourth-order valence-electron chi connectivity index (χ4n) is 3.48. The summed E-state index contributed by atoms with van der Waals surface area (Å²) >= 11 is 0. The smallest absolute Gasteiger partial charge is 0.261 e. The zero-order valence-electron chi connectivity index (χ0n) is 16.2. The minimum Gasteiger partial charge on any atom is -0.454 e. The molecule has 150 valence electrons. The molecule has 5 rings (SSSR count). The Hall–Kier alpha value is -4.00. The molecule has 0 radical (unpaired) electrons. The van der Waals surface area contributed by atoms with E-state index in [9.17, 15) is 9.59 Å². The van der Waals surface area contributed by atoms with Gasteiger partial charge in [0.15, 0.2) is 17.2 Å². The molecule has 7 heteroatoms. The first-order chi connectivity index (χ1) is 14.6. The molecule has 30 heavy (non-hydrogen) atoms. The maximum absolute atomic E-state index is 12.8. The summed E-state index contributed by atoms with van der Waals surface area (Å²) in [6, 6.07) is 17.7. The standard InChI is InChI=1S/C23H18N2O5/c1-25-17-11-15(7-9-19(17)30-18-5-3-2-4-16(18)23(25)27)22(26)24-12-14-6-8-20-21(10-14)29-13-28-20/h2-11H,12-13H2,1H3,(H,24,26). The molecular weight excluding hydrogens is 384 g/mol. The topological polar surface area (TPSA) is 77.1 Å². The Morgan fingerprint density at radius 3 is 2.67 bits per heavy atom. The van der Waals surface area contributed by atoms with Crippen LogP contribution in [0.3, 0.4) is 0 Å².